The van der Waals surface area contributed by atoms with E-state index in [1.807, 2.05) is 24.3 Å². The molecule has 1 aliphatic heterocycles. The Kier molecular flexibility index (Phi) is 3.84. The van der Waals surface area contributed by atoms with Gasteiger partial charge in [0.05, 0.1) is 19.7 Å². The van der Waals surface area contributed by atoms with E-state index in [9.17, 15) is 0 Å². The number of hydrogen-bond acceptors (Lipinski definition) is 5. The van der Waals surface area contributed by atoms with E-state index >= 15 is 0 Å². The van der Waals surface area contributed by atoms with Crippen LogP contribution in [0.2, 0.25) is 0 Å². The summed E-state index contributed by atoms with van der Waals surface area (Å²) < 4.78 is 11.2. The number of pyridine rings is 1. The van der Waals surface area contributed by atoms with E-state index in [-0.39, 0.29) is 0 Å². The Labute approximate surface area is 124 Å². The number of methoxy groups -OCH3 is 2. The van der Waals surface area contributed by atoms with Gasteiger partial charge >= 0.3 is 0 Å². The van der Waals surface area contributed by atoms with Gasteiger partial charge in [-0.25, -0.2) is 4.98 Å². The highest BCUT2D eigenvalue weighted by Gasteiger charge is 2.24. The normalized spacial score (nSPS) is 18.8. The number of hydrogen-bond donors (Lipinski definition) is 1. The summed E-state index contributed by atoms with van der Waals surface area (Å²) in [5, 5.41) is 4.42. The highest BCUT2D eigenvalue weighted by atomic mass is 16.5. The SMILES string of the molecule is COc1c(N2CCNC(C)C2)nc2ccccc2c1OC. The average molecular weight is 287 g/mol. The molecule has 2 aromatic rings. The Morgan fingerprint density at radius 1 is 1.19 bits per heavy atom. The molecule has 1 atom stereocenters. The first-order chi connectivity index (χ1) is 10.2. The third-order valence-electron chi connectivity index (χ3n) is 3.86. The summed E-state index contributed by atoms with van der Waals surface area (Å²) in [5.74, 6) is 2.33. The molecule has 1 unspecified atom stereocenters. The number of para-hydroxylation sites is 1. The molecule has 5 heteroatoms. The van der Waals surface area contributed by atoms with Crippen LogP contribution in [0.15, 0.2) is 24.3 Å². The lowest BCUT2D eigenvalue weighted by molar-refractivity contribution is 0.355. The lowest BCUT2D eigenvalue weighted by Crippen LogP contribution is -2.49. The fourth-order valence-corrected chi connectivity index (χ4v) is 2.88. The third-order valence-corrected chi connectivity index (χ3v) is 3.86. The van der Waals surface area contributed by atoms with Crippen molar-refractivity contribution in [3.63, 3.8) is 0 Å². The molecule has 1 N–H and O–H groups in total. The number of ether oxygens (including phenoxy) is 2. The van der Waals surface area contributed by atoms with Gasteiger partial charge in [0, 0.05) is 31.1 Å². The number of anilines is 1. The third kappa shape index (κ3) is 2.49. The zero-order chi connectivity index (χ0) is 14.8. The molecule has 1 aromatic carbocycles. The quantitative estimate of drug-likeness (QED) is 0.936. The first-order valence-corrected chi connectivity index (χ1v) is 7.23. The Hall–Kier alpha value is -2.01. The number of nitrogens with zero attached hydrogens (tertiary/aromatic N) is 2. The number of aromatic nitrogens is 1. The van der Waals surface area contributed by atoms with Crippen LogP contribution in [0.3, 0.4) is 0 Å². The van der Waals surface area contributed by atoms with Crippen LogP contribution in [0.5, 0.6) is 11.5 Å². The number of piperazine rings is 1. The standard InChI is InChI=1S/C16H21N3O2/c1-11-10-19(9-8-17-11)16-15(21-3)14(20-2)12-6-4-5-7-13(12)18-16/h4-7,11,17H,8-10H2,1-3H3. The van der Waals surface area contributed by atoms with Gasteiger partial charge in [0.15, 0.2) is 11.6 Å². The average Bonchev–Trinajstić information content (AvgIpc) is 2.52. The lowest BCUT2D eigenvalue weighted by atomic mass is 10.1. The number of fused-ring (bicyclic) bond motifs is 1. The predicted octanol–water partition coefficient (Wildman–Crippen LogP) is 2.05. The van der Waals surface area contributed by atoms with Gasteiger partial charge in [0.2, 0.25) is 5.75 Å². The Bertz CT molecular complexity index is 645. The minimum absolute atomic E-state index is 0.433. The molecule has 0 bridgehead atoms. The van der Waals surface area contributed by atoms with E-state index in [0.717, 1.165) is 42.1 Å². The first kappa shape index (κ1) is 13.9. The van der Waals surface area contributed by atoms with Crippen molar-refractivity contribution in [1.29, 1.82) is 0 Å². The van der Waals surface area contributed by atoms with E-state index in [1.54, 1.807) is 14.2 Å². The van der Waals surface area contributed by atoms with Crippen molar-refractivity contribution in [3.8, 4) is 11.5 Å². The summed E-state index contributed by atoms with van der Waals surface area (Å²) in [7, 11) is 3.35. The summed E-state index contributed by atoms with van der Waals surface area (Å²) in [6, 6.07) is 8.42. The molecular weight excluding hydrogens is 266 g/mol. The molecule has 1 saturated heterocycles. The van der Waals surface area contributed by atoms with Gasteiger partial charge in [0.25, 0.3) is 0 Å². The fourth-order valence-electron chi connectivity index (χ4n) is 2.88. The van der Waals surface area contributed by atoms with Crippen molar-refractivity contribution in [2.75, 3.05) is 38.8 Å². The molecule has 1 fully saturated rings. The molecule has 0 spiro atoms. The van der Waals surface area contributed by atoms with Gasteiger partial charge in [-0.2, -0.15) is 0 Å². The molecule has 1 aliphatic rings. The van der Waals surface area contributed by atoms with Crippen LogP contribution in [0, 0.1) is 0 Å². The van der Waals surface area contributed by atoms with Crippen LogP contribution in [0.1, 0.15) is 6.92 Å². The van der Waals surface area contributed by atoms with Crippen molar-refractivity contribution in [1.82, 2.24) is 10.3 Å². The molecule has 0 amide bonds. The Morgan fingerprint density at radius 3 is 2.67 bits per heavy atom. The van der Waals surface area contributed by atoms with Crippen LogP contribution in [-0.2, 0) is 0 Å². The van der Waals surface area contributed by atoms with Gasteiger partial charge in [-0.15, -0.1) is 0 Å². The van der Waals surface area contributed by atoms with E-state index in [1.165, 1.54) is 0 Å². The summed E-state index contributed by atoms with van der Waals surface area (Å²) >= 11 is 0. The number of nitrogens with one attached hydrogen (secondary N) is 1. The van der Waals surface area contributed by atoms with Gasteiger partial charge < -0.3 is 19.7 Å². The zero-order valence-electron chi connectivity index (χ0n) is 12.7. The first-order valence-electron chi connectivity index (χ1n) is 7.23. The molecule has 0 aliphatic carbocycles. The molecule has 0 radical (unpaired) electrons. The molecule has 1 aromatic heterocycles. The summed E-state index contributed by atoms with van der Waals surface area (Å²) in [6.45, 7) is 4.94. The summed E-state index contributed by atoms with van der Waals surface area (Å²) in [5.41, 5.74) is 0.927. The second-order valence-corrected chi connectivity index (χ2v) is 5.32. The molecule has 3 rings (SSSR count). The van der Waals surface area contributed by atoms with Crippen LogP contribution in [0.25, 0.3) is 10.9 Å². The van der Waals surface area contributed by atoms with Crippen LogP contribution in [-0.4, -0.2) is 44.9 Å². The highest BCUT2D eigenvalue weighted by Crippen LogP contribution is 2.41. The molecule has 2 heterocycles. The van der Waals surface area contributed by atoms with Crippen LogP contribution >= 0.6 is 0 Å². The molecule has 5 nitrogen and oxygen atoms in total. The fraction of sp³-hybridized carbons (Fsp3) is 0.438. The largest absolute Gasteiger partial charge is 0.492 e. The number of benzene rings is 1. The molecular formula is C16H21N3O2. The van der Waals surface area contributed by atoms with Gasteiger partial charge in [0.1, 0.15) is 0 Å². The lowest BCUT2D eigenvalue weighted by Gasteiger charge is -2.34. The minimum atomic E-state index is 0.433. The van der Waals surface area contributed by atoms with Crippen molar-refractivity contribution >= 4 is 16.7 Å². The topological polar surface area (TPSA) is 46.6 Å². The summed E-state index contributed by atoms with van der Waals surface area (Å²) in [6.07, 6.45) is 0. The maximum Gasteiger partial charge on any atom is 0.204 e. The van der Waals surface area contributed by atoms with Crippen molar-refractivity contribution in [3.05, 3.63) is 24.3 Å². The Balaban J connectivity index is 2.16. The maximum absolute atomic E-state index is 5.61. The minimum Gasteiger partial charge on any atom is -0.492 e. The molecule has 112 valence electrons. The Morgan fingerprint density at radius 2 is 1.95 bits per heavy atom. The molecule has 0 saturated carbocycles. The van der Waals surface area contributed by atoms with Gasteiger partial charge in [-0.1, -0.05) is 12.1 Å². The zero-order valence-corrected chi connectivity index (χ0v) is 12.7. The van der Waals surface area contributed by atoms with Crippen molar-refractivity contribution in [2.24, 2.45) is 0 Å². The second kappa shape index (κ2) is 5.77. The monoisotopic (exact) mass is 287 g/mol. The van der Waals surface area contributed by atoms with Gasteiger partial charge in [-0.05, 0) is 19.1 Å². The smallest absolute Gasteiger partial charge is 0.204 e. The maximum atomic E-state index is 5.61. The summed E-state index contributed by atoms with van der Waals surface area (Å²) in [4.78, 5) is 7.06. The van der Waals surface area contributed by atoms with Crippen LogP contribution in [0.4, 0.5) is 5.82 Å². The van der Waals surface area contributed by atoms with E-state index in [4.69, 9.17) is 14.5 Å². The van der Waals surface area contributed by atoms with Gasteiger partial charge in [-0.3, -0.25) is 0 Å². The highest BCUT2D eigenvalue weighted by molar-refractivity contribution is 5.91. The van der Waals surface area contributed by atoms with Crippen LogP contribution < -0.4 is 19.7 Å². The predicted molar refractivity (Wildman–Crippen MR) is 84.5 cm³/mol. The second-order valence-electron chi connectivity index (χ2n) is 5.32. The van der Waals surface area contributed by atoms with Crippen molar-refractivity contribution < 1.29 is 9.47 Å². The number of rotatable bonds is 3. The van der Waals surface area contributed by atoms with Crippen molar-refractivity contribution in [2.45, 2.75) is 13.0 Å². The van der Waals surface area contributed by atoms with E-state index in [0.29, 0.717) is 11.8 Å². The molecule has 21 heavy (non-hydrogen) atoms. The van der Waals surface area contributed by atoms with E-state index in [2.05, 4.69) is 17.1 Å². The van der Waals surface area contributed by atoms with E-state index < -0.39 is 0 Å².